The predicted molar refractivity (Wildman–Crippen MR) is 131 cm³/mol. The number of hydrogen-bond donors (Lipinski definition) is 0. The number of carbonyl (C=O) groups is 2. The molecule has 1 saturated heterocycles. The van der Waals surface area contributed by atoms with Crippen LogP contribution in [0.1, 0.15) is 29.0 Å². The van der Waals surface area contributed by atoms with Gasteiger partial charge in [-0.2, -0.15) is 5.10 Å². The minimum atomic E-state index is -1.59. The van der Waals surface area contributed by atoms with Crippen molar-refractivity contribution in [1.82, 2.24) is 24.6 Å². The average molecular weight is 518 g/mol. The smallest absolute Gasteiger partial charge is 0.274 e. The van der Waals surface area contributed by atoms with Gasteiger partial charge in [-0.25, -0.2) is 17.9 Å². The Kier molecular flexibility index (Phi) is 5.90. The SMILES string of the molecule is O=C(c1cc(-c2cccnc2)n(-c2cc(F)c(F)c(F)c2)n1)N1CCC(N2C(=O)Cc3ncccc32)CC1. The van der Waals surface area contributed by atoms with Crippen molar-refractivity contribution < 1.29 is 22.8 Å². The highest BCUT2D eigenvalue weighted by atomic mass is 19.2. The van der Waals surface area contributed by atoms with E-state index < -0.39 is 17.5 Å². The second kappa shape index (κ2) is 9.40. The monoisotopic (exact) mass is 518 g/mol. The van der Waals surface area contributed by atoms with E-state index in [-0.39, 0.29) is 35.7 Å². The van der Waals surface area contributed by atoms with Crippen molar-refractivity contribution in [2.45, 2.75) is 25.3 Å². The highest BCUT2D eigenvalue weighted by Gasteiger charge is 2.36. The van der Waals surface area contributed by atoms with E-state index in [0.29, 0.717) is 37.2 Å². The number of halogens is 3. The van der Waals surface area contributed by atoms with E-state index >= 15 is 0 Å². The Morgan fingerprint density at radius 1 is 0.974 bits per heavy atom. The molecule has 0 N–H and O–H groups in total. The van der Waals surface area contributed by atoms with Crippen molar-refractivity contribution in [1.29, 1.82) is 0 Å². The highest BCUT2D eigenvalue weighted by Crippen LogP contribution is 2.32. The molecule has 4 aromatic rings. The first-order valence-electron chi connectivity index (χ1n) is 12.1. The zero-order chi connectivity index (χ0) is 26.4. The van der Waals surface area contributed by atoms with Gasteiger partial charge in [-0.05, 0) is 43.2 Å². The molecule has 192 valence electrons. The van der Waals surface area contributed by atoms with Gasteiger partial charge in [0, 0.05) is 55.4 Å². The lowest BCUT2D eigenvalue weighted by atomic mass is 10.0. The van der Waals surface area contributed by atoms with Crippen molar-refractivity contribution >= 4 is 17.5 Å². The van der Waals surface area contributed by atoms with Gasteiger partial charge in [-0.1, -0.05) is 0 Å². The van der Waals surface area contributed by atoms with Crippen LogP contribution in [0.2, 0.25) is 0 Å². The van der Waals surface area contributed by atoms with Crippen LogP contribution < -0.4 is 4.90 Å². The van der Waals surface area contributed by atoms with Gasteiger partial charge in [0.2, 0.25) is 5.91 Å². The number of carbonyl (C=O) groups excluding carboxylic acids is 2. The summed E-state index contributed by atoms with van der Waals surface area (Å²) in [6.45, 7) is 0.801. The molecule has 5 heterocycles. The van der Waals surface area contributed by atoms with E-state index in [2.05, 4.69) is 15.1 Å². The molecule has 3 aromatic heterocycles. The molecule has 2 aliphatic rings. The molecule has 0 bridgehead atoms. The number of benzene rings is 1. The second-order valence-electron chi connectivity index (χ2n) is 9.22. The van der Waals surface area contributed by atoms with Crippen molar-refractivity contribution in [2.24, 2.45) is 0 Å². The molecule has 6 rings (SSSR count). The summed E-state index contributed by atoms with van der Waals surface area (Å²) in [5.74, 6) is -4.67. The molecule has 1 fully saturated rings. The molecule has 0 unspecified atom stereocenters. The molecular formula is C27H21F3N6O2. The number of nitrogens with zero attached hydrogens (tertiary/aromatic N) is 6. The van der Waals surface area contributed by atoms with Crippen molar-refractivity contribution in [2.75, 3.05) is 18.0 Å². The van der Waals surface area contributed by atoms with E-state index in [1.165, 1.54) is 16.9 Å². The van der Waals surface area contributed by atoms with Gasteiger partial charge in [0.25, 0.3) is 5.91 Å². The first kappa shape index (κ1) is 23.8. The number of amides is 2. The fourth-order valence-corrected chi connectivity index (χ4v) is 5.10. The quantitative estimate of drug-likeness (QED) is 0.382. The summed E-state index contributed by atoms with van der Waals surface area (Å²) in [6.07, 6.45) is 6.20. The lowest BCUT2D eigenvalue weighted by Crippen LogP contribution is -2.48. The van der Waals surface area contributed by atoms with Crippen LogP contribution in [0.3, 0.4) is 0 Å². The topological polar surface area (TPSA) is 84.2 Å². The van der Waals surface area contributed by atoms with Gasteiger partial charge < -0.3 is 9.80 Å². The molecule has 2 aliphatic heterocycles. The number of rotatable bonds is 4. The number of piperidine rings is 1. The Hall–Kier alpha value is -4.54. The molecule has 38 heavy (non-hydrogen) atoms. The van der Waals surface area contributed by atoms with Gasteiger partial charge in [0.05, 0.1) is 29.2 Å². The Morgan fingerprint density at radius 3 is 2.42 bits per heavy atom. The summed E-state index contributed by atoms with van der Waals surface area (Å²) < 4.78 is 42.9. The second-order valence-corrected chi connectivity index (χ2v) is 9.22. The molecule has 2 amide bonds. The molecule has 0 saturated carbocycles. The molecule has 8 nitrogen and oxygen atoms in total. The maximum absolute atomic E-state index is 14.0. The number of fused-ring (bicyclic) bond motifs is 1. The minimum absolute atomic E-state index is 0.00194. The normalized spacial score (nSPS) is 15.7. The fraction of sp³-hybridized carbons (Fsp3) is 0.222. The fourth-order valence-electron chi connectivity index (χ4n) is 5.10. The van der Waals surface area contributed by atoms with E-state index in [0.717, 1.165) is 23.5 Å². The van der Waals surface area contributed by atoms with Crippen molar-refractivity contribution in [3.05, 3.63) is 89.9 Å². The summed E-state index contributed by atoms with van der Waals surface area (Å²) >= 11 is 0. The van der Waals surface area contributed by atoms with E-state index in [4.69, 9.17) is 0 Å². The molecular weight excluding hydrogens is 497 g/mol. The summed E-state index contributed by atoms with van der Waals surface area (Å²) in [7, 11) is 0. The van der Waals surface area contributed by atoms with Crippen LogP contribution >= 0.6 is 0 Å². The number of likely N-dealkylation sites (tertiary alicyclic amines) is 1. The summed E-state index contributed by atoms with van der Waals surface area (Å²) in [5, 5.41) is 4.35. The Labute approximate surface area is 215 Å². The van der Waals surface area contributed by atoms with Crippen molar-refractivity contribution in [3.8, 4) is 16.9 Å². The highest BCUT2D eigenvalue weighted by molar-refractivity contribution is 6.01. The van der Waals surface area contributed by atoms with Crippen LogP contribution in [0, 0.1) is 17.5 Å². The minimum Gasteiger partial charge on any atom is -0.337 e. The number of pyridine rings is 2. The largest absolute Gasteiger partial charge is 0.337 e. The number of hydrogen-bond acceptors (Lipinski definition) is 5. The third-order valence-corrected chi connectivity index (χ3v) is 6.93. The first-order valence-corrected chi connectivity index (χ1v) is 12.1. The van der Waals surface area contributed by atoms with E-state index in [1.807, 2.05) is 6.07 Å². The standard InChI is InChI=1S/C27H21F3N6O2/c28-19-11-18(12-20(29)26(19)30)36-24(16-3-1-7-31-15-16)13-22(33-36)27(38)34-9-5-17(6-10-34)35-23-4-2-8-32-21(23)14-25(35)37/h1-4,7-8,11-13,15,17H,5-6,9-10,14H2. The summed E-state index contributed by atoms with van der Waals surface area (Å²) in [6, 6.07) is 10.2. The van der Waals surface area contributed by atoms with Crippen LogP contribution in [0.25, 0.3) is 16.9 Å². The zero-order valence-corrected chi connectivity index (χ0v) is 20.0. The maximum Gasteiger partial charge on any atom is 0.274 e. The van der Waals surface area contributed by atoms with Gasteiger partial charge in [-0.3, -0.25) is 19.6 Å². The third-order valence-electron chi connectivity index (χ3n) is 6.93. The Balaban J connectivity index is 1.26. The van der Waals surface area contributed by atoms with Crippen molar-refractivity contribution in [3.63, 3.8) is 0 Å². The van der Waals surface area contributed by atoms with Gasteiger partial charge in [0.15, 0.2) is 23.1 Å². The summed E-state index contributed by atoms with van der Waals surface area (Å²) in [5.41, 5.74) is 2.51. The third kappa shape index (κ3) is 4.09. The van der Waals surface area contributed by atoms with Crippen LogP contribution in [0.5, 0.6) is 0 Å². The van der Waals surface area contributed by atoms with Gasteiger partial charge in [0.1, 0.15) is 0 Å². The molecule has 1 aromatic carbocycles. The molecule has 11 heteroatoms. The van der Waals surface area contributed by atoms with Gasteiger partial charge >= 0.3 is 0 Å². The summed E-state index contributed by atoms with van der Waals surface area (Å²) in [4.78, 5) is 37.9. The van der Waals surface area contributed by atoms with Crippen LogP contribution in [-0.2, 0) is 11.2 Å². The molecule has 0 aliphatic carbocycles. The Morgan fingerprint density at radius 2 is 1.71 bits per heavy atom. The Bertz CT molecular complexity index is 1530. The predicted octanol–water partition coefficient (Wildman–Crippen LogP) is 3.94. The van der Waals surface area contributed by atoms with E-state index in [1.54, 1.807) is 40.4 Å². The van der Waals surface area contributed by atoms with E-state index in [9.17, 15) is 22.8 Å². The molecule has 0 atom stereocenters. The van der Waals surface area contributed by atoms with Crippen LogP contribution in [0.15, 0.2) is 61.1 Å². The number of anilines is 1. The molecule has 0 radical (unpaired) electrons. The first-order chi connectivity index (χ1) is 18.4. The number of aromatic nitrogens is 4. The maximum atomic E-state index is 14.0. The van der Waals surface area contributed by atoms with Crippen LogP contribution in [-0.4, -0.2) is 55.6 Å². The zero-order valence-electron chi connectivity index (χ0n) is 20.0. The lowest BCUT2D eigenvalue weighted by molar-refractivity contribution is -0.118. The average Bonchev–Trinajstić information content (AvgIpc) is 3.53. The lowest BCUT2D eigenvalue weighted by Gasteiger charge is -2.36. The van der Waals surface area contributed by atoms with Crippen LogP contribution in [0.4, 0.5) is 18.9 Å². The van der Waals surface area contributed by atoms with Gasteiger partial charge in [-0.15, -0.1) is 0 Å². The molecule has 0 spiro atoms.